The lowest BCUT2D eigenvalue weighted by Gasteiger charge is -2.31. The summed E-state index contributed by atoms with van der Waals surface area (Å²) >= 11 is 4.85. The van der Waals surface area contributed by atoms with Gasteiger partial charge in [0.2, 0.25) is 0 Å². The molecule has 0 heterocycles. The average Bonchev–Trinajstić information content (AvgIpc) is 2.40. The van der Waals surface area contributed by atoms with Crippen molar-refractivity contribution in [2.24, 2.45) is 5.73 Å². The zero-order valence-corrected chi connectivity index (χ0v) is 12.9. The van der Waals surface area contributed by atoms with Crippen molar-refractivity contribution < 1.29 is 13.9 Å². The van der Waals surface area contributed by atoms with Gasteiger partial charge < -0.3 is 20.1 Å². The van der Waals surface area contributed by atoms with Crippen LogP contribution in [0.1, 0.15) is 12.5 Å². The molecule has 1 rings (SSSR count). The summed E-state index contributed by atoms with van der Waals surface area (Å²) in [6.45, 7) is 3.55. The quantitative estimate of drug-likeness (QED) is 0.744. The predicted molar refractivity (Wildman–Crippen MR) is 82.8 cm³/mol. The molecule has 0 saturated carbocycles. The summed E-state index contributed by atoms with van der Waals surface area (Å²) in [5.74, 6) is -0.352. The smallest absolute Gasteiger partial charge is 0.147 e. The van der Waals surface area contributed by atoms with Crippen molar-refractivity contribution in [2.75, 3.05) is 38.9 Å². The maximum absolute atomic E-state index is 14.2. The van der Waals surface area contributed by atoms with E-state index in [1.54, 1.807) is 26.4 Å². The Morgan fingerprint density at radius 3 is 2.60 bits per heavy atom. The predicted octanol–water partition coefficient (Wildman–Crippen LogP) is 1.95. The number of ether oxygens (including phenoxy) is 2. The summed E-state index contributed by atoms with van der Waals surface area (Å²) in [6, 6.07) is 4.79. The van der Waals surface area contributed by atoms with E-state index in [1.165, 1.54) is 6.07 Å². The zero-order valence-electron chi connectivity index (χ0n) is 12.1. The van der Waals surface area contributed by atoms with Gasteiger partial charge in [-0.05, 0) is 25.1 Å². The Kier molecular flexibility index (Phi) is 6.84. The summed E-state index contributed by atoms with van der Waals surface area (Å²) in [7, 11) is 3.24. The molecule has 6 heteroatoms. The molecule has 0 aliphatic heterocycles. The summed E-state index contributed by atoms with van der Waals surface area (Å²) in [5.41, 5.74) is 6.52. The van der Waals surface area contributed by atoms with E-state index in [2.05, 4.69) is 0 Å². The third-order valence-electron chi connectivity index (χ3n) is 3.02. The van der Waals surface area contributed by atoms with Crippen molar-refractivity contribution in [2.45, 2.75) is 13.0 Å². The van der Waals surface area contributed by atoms with Crippen molar-refractivity contribution in [3.63, 3.8) is 0 Å². The van der Waals surface area contributed by atoms with Crippen LogP contribution >= 0.6 is 12.2 Å². The van der Waals surface area contributed by atoms with Gasteiger partial charge in [-0.15, -0.1) is 0 Å². The fraction of sp³-hybridized carbons (Fsp3) is 0.500. The van der Waals surface area contributed by atoms with Crippen LogP contribution in [0.3, 0.4) is 0 Å². The SMILES string of the molecule is COCCN(c1ccc(C(N)=S)cc1F)C(C)COC. The Morgan fingerprint density at radius 2 is 2.10 bits per heavy atom. The molecule has 112 valence electrons. The molecule has 0 amide bonds. The summed E-state index contributed by atoms with van der Waals surface area (Å²) in [5, 5.41) is 0. The molecule has 0 radical (unpaired) electrons. The fourth-order valence-electron chi connectivity index (χ4n) is 1.99. The van der Waals surface area contributed by atoms with Crippen molar-refractivity contribution in [3.05, 3.63) is 29.6 Å². The van der Waals surface area contributed by atoms with E-state index in [4.69, 9.17) is 27.4 Å². The summed E-state index contributed by atoms with van der Waals surface area (Å²) < 4.78 is 24.5. The van der Waals surface area contributed by atoms with E-state index in [0.29, 0.717) is 31.0 Å². The largest absolute Gasteiger partial charge is 0.389 e. The molecule has 2 N–H and O–H groups in total. The molecule has 4 nitrogen and oxygen atoms in total. The lowest BCUT2D eigenvalue weighted by atomic mass is 10.1. The number of methoxy groups -OCH3 is 2. The van der Waals surface area contributed by atoms with Gasteiger partial charge in [0, 0.05) is 32.4 Å². The second-order valence-corrected chi connectivity index (χ2v) is 4.96. The molecule has 1 atom stereocenters. The first-order valence-electron chi connectivity index (χ1n) is 6.35. The molecule has 0 saturated heterocycles. The van der Waals surface area contributed by atoms with Gasteiger partial charge >= 0.3 is 0 Å². The number of nitrogens with zero attached hydrogens (tertiary/aromatic N) is 1. The highest BCUT2D eigenvalue weighted by molar-refractivity contribution is 7.80. The first-order valence-corrected chi connectivity index (χ1v) is 6.76. The van der Waals surface area contributed by atoms with Crippen LogP contribution in [0, 0.1) is 5.82 Å². The molecule has 0 bridgehead atoms. The number of anilines is 1. The lowest BCUT2D eigenvalue weighted by Crippen LogP contribution is -2.39. The molecule has 1 unspecified atom stereocenters. The van der Waals surface area contributed by atoms with E-state index in [9.17, 15) is 4.39 Å². The number of rotatable bonds is 8. The molecule has 0 aromatic heterocycles. The number of hydrogen-bond acceptors (Lipinski definition) is 4. The minimum absolute atomic E-state index is 0.0281. The third-order valence-corrected chi connectivity index (χ3v) is 3.25. The Bertz CT molecular complexity index is 457. The third kappa shape index (κ3) is 4.40. The Balaban J connectivity index is 3.03. The maximum Gasteiger partial charge on any atom is 0.147 e. The molecular formula is C14H21FN2O2S. The van der Waals surface area contributed by atoms with Gasteiger partial charge in [-0.3, -0.25) is 0 Å². The van der Waals surface area contributed by atoms with Gasteiger partial charge in [-0.2, -0.15) is 0 Å². The van der Waals surface area contributed by atoms with Crippen LogP contribution in [0.25, 0.3) is 0 Å². The molecule has 0 fully saturated rings. The number of nitrogens with two attached hydrogens (primary N) is 1. The van der Waals surface area contributed by atoms with Gasteiger partial charge in [0.15, 0.2) is 0 Å². The number of hydrogen-bond donors (Lipinski definition) is 1. The standard InChI is InChI=1S/C14H21FN2O2S/c1-10(9-19-3)17(6-7-18-2)13-5-4-11(14(16)20)8-12(13)15/h4-5,8,10H,6-7,9H2,1-3H3,(H2,16,20). The van der Waals surface area contributed by atoms with Crippen LogP contribution < -0.4 is 10.6 Å². The van der Waals surface area contributed by atoms with Crippen LogP contribution in [0.5, 0.6) is 0 Å². The van der Waals surface area contributed by atoms with Gasteiger partial charge in [0.05, 0.1) is 18.9 Å². The van der Waals surface area contributed by atoms with Crippen molar-refractivity contribution >= 4 is 22.9 Å². The topological polar surface area (TPSA) is 47.7 Å². The van der Waals surface area contributed by atoms with Crippen molar-refractivity contribution in [1.29, 1.82) is 0 Å². The highest BCUT2D eigenvalue weighted by Crippen LogP contribution is 2.22. The molecule has 1 aromatic rings. The van der Waals surface area contributed by atoms with E-state index < -0.39 is 0 Å². The Hall–Kier alpha value is -1.24. The number of benzene rings is 1. The van der Waals surface area contributed by atoms with Crippen LogP contribution in [-0.2, 0) is 9.47 Å². The van der Waals surface area contributed by atoms with E-state index >= 15 is 0 Å². The van der Waals surface area contributed by atoms with Crippen LogP contribution in [-0.4, -0.2) is 45.0 Å². The molecule has 20 heavy (non-hydrogen) atoms. The van der Waals surface area contributed by atoms with Crippen molar-refractivity contribution in [3.8, 4) is 0 Å². The highest BCUT2D eigenvalue weighted by Gasteiger charge is 2.18. The van der Waals surface area contributed by atoms with E-state index in [0.717, 1.165) is 0 Å². The van der Waals surface area contributed by atoms with Gasteiger partial charge in [0.25, 0.3) is 0 Å². The molecule has 0 aliphatic rings. The minimum Gasteiger partial charge on any atom is -0.389 e. The Labute approximate surface area is 124 Å². The average molecular weight is 300 g/mol. The minimum atomic E-state index is -0.352. The lowest BCUT2D eigenvalue weighted by molar-refractivity contribution is 0.170. The summed E-state index contributed by atoms with van der Waals surface area (Å²) in [6.07, 6.45) is 0. The maximum atomic E-state index is 14.2. The molecule has 0 aliphatic carbocycles. The van der Waals surface area contributed by atoms with Gasteiger partial charge in [0.1, 0.15) is 10.8 Å². The second-order valence-electron chi connectivity index (χ2n) is 4.52. The first-order chi connectivity index (χ1) is 9.51. The van der Waals surface area contributed by atoms with Crippen molar-refractivity contribution in [1.82, 2.24) is 0 Å². The zero-order chi connectivity index (χ0) is 15.1. The molecule has 1 aromatic carbocycles. The van der Waals surface area contributed by atoms with E-state index in [1.807, 2.05) is 11.8 Å². The number of thiocarbonyl (C=S) groups is 1. The second kappa shape index (κ2) is 8.14. The number of halogens is 1. The van der Waals surface area contributed by atoms with Gasteiger partial charge in [-0.25, -0.2) is 4.39 Å². The first kappa shape index (κ1) is 16.8. The summed E-state index contributed by atoms with van der Waals surface area (Å²) in [4.78, 5) is 2.09. The Morgan fingerprint density at radius 1 is 1.40 bits per heavy atom. The van der Waals surface area contributed by atoms with Crippen LogP contribution in [0.4, 0.5) is 10.1 Å². The van der Waals surface area contributed by atoms with Crippen LogP contribution in [0.2, 0.25) is 0 Å². The van der Waals surface area contributed by atoms with Crippen LogP contribution in [0.15, 0.2) is 18.2 Å². The normalized spacial score (nSPS) is 12.2. The monoisotopic (exact) mass is 300 g/mol. The molecular weight excluding hydrogens is 279 g/mol. The fourth-order valence-corrected chi connectivity index (χ4v) is 2.12. The van der Waals surface area contributed by atoms with E-state index in [-0.39, 0.29) is 16.8 Å². The highest BCUT2D eigenvalue weighted by atomic mass is 32.1. The van der Waals surface area contributed by atoms with Gasteiger partial charge in [-0.1, -0.05) is 12.2 Å². The molecule has 0 spiro atoms.